The third-order valence-corrected chi connectivity index (χ3v) is 1.55. The molecular weight excluding hydrogens is 172 g/mol. The van der Waals surface area contributed by atoms with Crippen molar-refractivity contribution in [1.29, 1.82) is 0 Å². The molecule has 0 fully saturated rings. The Hall–Kier alpha value is -1.85. The molecule has 1 rings (SSSR count). The zero-order chi connectivity index (χ0) is 9.84. The van der Waals surface area contributed by atoms with Crippen LogP contribution >= 0.6 is 0 Å². The van der Waals surface area contributed by atoms with Crippen LogP contribution in [0.1, 0.15) is 13.0 Å². The highest BCUT2D eigenvalue weighted by molar-refractivity contribution is 5.95. The zero-order valence-electron chi connectivity index (χ0n) is 7.10. The highest BCUT2D eigenvalue weighted by Gasteiger charge is 2.15. The molecule has 0 bridgehead atoms. The van der Waals surface area contributed by atoms with Crippen molar-refractivity contribution >= 4 is 11.9 Å². The normalized spacial score (nSPS) is 12.1. The second kappa shape index (κ2) is 3.70. The van der Waals surface area contributed by atoms with Crippen molar-refractivity contribution in [1.82, 2.24) is 15.1 Å². The number of nitrogens with two attached hydrogens (primary N) is 1. The second-order valence-electron chi connectivity index (χ2n) is 2.52. The van der Waals surface area contributed by atoms with Gasteiger partial charge < -0.3 is 5.73 Å². The number of hydrogen-bond acceptors (Lipinski definition) is 3. The van der Waals surface area contributed by atoms with Gasteiger partial charge in [-0.1, -0.05) is 0 Å². The molecule has 3 N–H and O–H groups in total. The molecule has 13 heavy (non-hydrogen) atoms. The maximum Gasteiger partial charge on any atom is 0.318 e. The highest BCUT2D eigenvalue weighted by atomic mass is 16.2. The highest BCUT2D eigenvalue weighted by Crippen LogP contribution is 2.01. The summed E-state index contributed by atoms with van der Waals surface area (Å²) in [4.78, 5) is 21.5. The summed E-state index contributed by atoms with van der Waals surface area (Å²) in [6.07, 6.45) is 3.18. The lowest BCUT2D eigenvalue weighted by atomic mass is 10.3. The predicted octanol–water partition coefficient (Wildman–Crippen LogP) is -0.361. The number of primary amides is 1. The summed E-state index contributed by atoms with van der Waals surface area (Å²) in [5.41, 5.74) is 4.78. The van der Waals surface area contributed by atoms with E-state index < -0.39 is 18.0 Å². The van der Waals surface area contributed by atoms with Gasteiger partial charge in [-0.3, -0.25) is 14.8 Å². The van der Waals surface area contributed by atoms with Crippen LogP contribution in [0.2, 0.25) is 0 Å². The van der Waals surface area contributed by atoms with Gasteiger partial charge >= 0.3 is 6.03 Å². The van der Waals surface area contributed by atoms with Gasteiger partial charge in [0.2, 0.25) is 0 Å². The largest absolute Gasteiger partial charge is 0.351 e. The lowest BCUT2D eigenvalue weighted by Crippen LogP contribution is -2.39. The molecule has 70 valence electrons. The van der Waals surface area contributed by atoms with Crippen LogP contribution in [0.15, 0.2) is 18.5 Å². The third kappa shape index (κ3) is 2.29. The summed E-state index contributed by atoms with van der Waals surface area (Å²) in [6.45, 7) is 1.62. The van der Waals surface area contributed by atoms with E-state index in [4.69, 9.17) is 5.73 Å². The number of carbonyl (C=O) groups excluding carboxylic acids is 2. The molecule has 1 unspecified atom stereocenters. The molecule has 0 aliphatic carbocycles. The summed E-state index contributed by atoms with van der Waals surface area (Å²) in [6, 6.07) is 0.292. The molecule has 6 heteroatoms. The molecule has 1 heterocycles. The average Bonchev–Trinajstić information content (AvgIpc) is 2.53. The molecule has 0 aliphatic heterocycles. The Morgan fingerprint density at radius 1 is 1.62 bits per heavy atom. The quantitative estimate of drug-likeness (QED) is 0.654. The van der Waals surface area contributed by atoms with Crippen LogP contribution in [0.25, 0.3) is 0 Å². The Morgan fingerprint density at radius 2 is 2.31 bits per heavy atom. The summed E-state index contributed by atoms with van der Waals surface area (Å²) in [5, 5.41) is 5.82. The first-order valence-corrected chi connectivity index (χ1v) is 3.70. The Bertz CT molecular complexity index is 306. The molecular formula is C7H10N4O2. The van der Waals surface area contributed by atoms with Crippen LogP contribution < -0.4 is 11.1 Å². The Labute approximate surface area is 74.7 Å². The van der Waals surface area contributed by atoms with Gasteiger partial charge in [-0.25, -0.2) is 4.79 Å². The van der Waals surface area contributed by atoms with E-state index in [2.05, 4.69) is 5.10 Å². The van der Waals surface area contributed by atoms with Crippen molar-refractivity contribution in [2.24, 2.45) is 5.73 Å². The van der Waals surface area contributed by atoms with Gasteiger partial charge in [0.25, 0.3) is 5.91 Å². The molecule has 0 aromatic carbocycles. The number of carbonyl (C=O) groups is 2. The number of aromatic nitrogens is 2. The van der Waals surface area contributed by atoms with Crippen LogP contribution in [0.4, 0.5) is 4.79 Å². The van der Waals surface area contributed by atoms with Gasteiger partial charge in [0.05, 0.1) is 0 Å². The van der Waals surface area contributed by atoms with E-state index in [-0.39, 0.29) is 0 Å². The number of imide groups is 1. The first-order chi connectivity index (χ1) is 6.11. The Morgan fingerprint density at radius 3 is 2.77 bits per heavy atom. The predicted molar refractivity (Wildman–Crippen MR) is 44.7 cm³/mol. The molecule has 0 saturated carbocycles. The van der Waals surface area contributed by atoms with Crippen LogP contribution in [0, 0.1) is 0 Å². The fraction of sp³-hybridized carbons (Fsp3) is 0.286. The monoisotopic (exact) mass is 182 g/mol. The number of amides is 3. The lowest BCUT2D eigenvalue weighted by molar-refractivity contribution is -0.122. The zero-order valence-corrected chi connectivity index (χ0v) is 7.10. The maximum absolute atomic E-state index is 11.2. The van der Waals surface area contributed by atoms with E-state index >= 15 is 0 Å². The van der Waals surface area contributed by atoms with Gasteiger partial charge in [-0.05, 0) is 13.0 Å². The van der Waals surface area contributed by atoms with Crippen molar-refractivity contribution < 1.29 is 9.59 Å². The minimum absolute atomic E-state index is 0.476. The van der Waals surface area contributed by atoms with E-state index in [0.29, 0.717) is 0 Å². The standard InChI is InChI=1S/C7H10N4O2/c1-5(6(12)10-7(8)13)11-4-2-3-9-11/h2-5H,1H3,(H3,8,10,12,13). The number of hydrogen-bond donors (Lipinski definition) is 2. The molecule has 1 aromatic rings. The first-order valence-electron chi connectivity index (χ1n) is 3.70. The van der Waals surface area contributed by atoms with Gasteiger partial charge in [0, 0.05) is 12.4 Å². The third-order valence-electron chi connectivity index (χ3n) is 1.55. The molecule has 3 amide bonds. The van der Waals surface area contributed by atoms with Crippen molar-refractivity contribution in [3.05, 3.63) is 18.5 Å². The maximum atomic E-state index is 11.2. The van der Waals surface area contributed by atoms with E-state index in [9.17, 15) is 9.59 Å². The average molecular weight is 182 g/mol. The molecule has 1 aromatic heterocycles. The molecule has 0 aliphatic rings. The summed E-state index contributed by atoms with van der Waals surface area (Å²) < 4.78 is 1.43. The van der Waals surface area contributed by atoms with Gasteiger partial charge in [-0.15, -0.1) is 0 Å². The molecule has 0 spiro atoms. The minimum Gasteiger partial charge on any atom is -0.351 e. The van der Waals surface area contributed by atoms with Crippen molar-refractivity contribution in [2.45, 2.75) is 13.0 Å². The number of rotatable bonds is 2. The van der Waals surface area contributed by atoms with Crippen molar-refractivity contribution in [3.63, 3.8) is 0 Å². The summed E-state index contributed by atoms with van der Waals surface area (Å²) in [5.74, 6) is -0.476. The van der Waals surface area contributed by atoms with E-state index in [1.54, 1.807) is 25.4 Å². The SMILES string of the molecule is CC(C(=O)NC(N)=O)n1cccn1. The topological polar surface area (TPSA) is 90.0 Å². The van der Waals surface area contributed by atoms with Crippen LogP contribution in [0.5, 0.6) is 0 Å². The Balaban J connectivity index is 2.63. The fourth-order valence-corrected chi connectivity index (χ4v) is 0.856. The second-order valence-corrected chi connectivity index (χ2v) is 2.52. The van der Waals surface area contributed by atoms with Crippen molar-refractivity contribution in [3.8, 4) is 0 Å². The minimum atomic E-state index is -0.857. The smallest absolute Gasteiger partial charge is 0.318 e. The van der Waals surface area contributed by atoms with E-state index in [1.165, 1.54) is 4.68 Å². The first kappa shape index (κ1) is 9.24. The van der Waals surface area contributed by atoms with Gasteiger partial charge in [-0.2, -0.15) is 5.10 Å². The van der Waals surface area contributed by atoms with E-state index in [1.807, 2.05) is 5.32 Å². The molecule has 1 atom stereocenters. The van der Waals surface area contributed by atoms with Gasteiger partial charge in [0.15, 0.2) is 0 Å². The molecule has 0 saturated heterocycles. The molecule has 6 nitrogen and oxygen atoms in total. The van der Waals surface area contributed by atoms with Crippen LogP contribution in [-0.2, 0) is 4.79 Å². The fourth-order valence-electron chi connectivity index (χ4n) is 0.856. The Kier molecular flexibility index (Phi) is 2.63. The number of nitrogens with zero attached hydrogens (tertiary/aromatic N) is 2. The summed E-state index contributed by atoms with van der Waals surface area (Å²) in [7, 11) is 0. The number of nitrogens with one attached hydrogen (secondary N) is 1. The van der Waals surface area contributed by atoms with Crippen molar-refractivity contribution in [2.75, 3.05) is 0 Å². The number of urea groups is 1. The molecule has 0 radical (unpaired) electrons. The van der Waals surface area contributed by atoms with Crippen LogP contribution in [0.3, 0.4) is 0 Å². The van der Waals surface area contributed by atoms with Gasteiger partial charge in [0.1, 0.15) is 6.04 Å². The van der Waals surface area contributed by atoms with E-state index in [0.717, 1.165) is 0 Å². The summed E-state index contributed by atoms with van der Waals surface area (Å²) >= 11 is 0. The lowest BCUT2D eigenvalue weighted by Gasteiger charge is -2.09. The van der Waals surface area contributed by atoms with Crippen LogP contribution in [-0.4, -0.2) is 21.7 Å².